The number of nitrogens with zero attached hydrogens (tertiary/aromatic N) is 3. The molecule has 0 fully saturated rings. The highest BCUT2D eigenvalue weighted by Crippen LogP contribution is 2.28. The van der Waals surface area contributed by atoms with E-state index < -0.39 is 6.10 Å². The van der Waals surface area contributed by atoms with Crippen LogP contribution in [-0.2, 0) is 13.0 Å². The summed E-state index contributed by atoms with van der Waals surface area (Å²) in [6, 6.07) is 8.80. The predicted molar refractivity (Wildman–Crippen MR) is 111 cm³/mol. The first-order valence-electron chi connectivity index (χ1n) is 10.1. The van der Waals surface area contributed by atoms with Gasteiger partial charge in [-0.3, -0.25) is 0 Å². The van der Waals surface area contributed by atoms with Gasteiger partial charge in [0.2, 0.25) is 5.95 Å². The van der Waals surface area contributed by atoms with Crippen molar-refractivity contribution in [3.05, 3.63) is 46.6 Å². The molecule has 3 rings (SSSR count). The molecule has 2 atom stereocenters. The van der Waals surface area contributed by atoms with E-state index in [1.165, 1.54) is 11.1 Å². The van der Waals surface area contributed by atoms with Crippen molar-refractivity contribution in [1.82, 2.24) is 9.97 Å². The number of hydrogen-bond acceptors (Lipinski definition) is 5. The van der Waals surface area contributed by atoms with E-state index in [2.05, 4.69) is 56.1 Å². The van der Waals surface area contributed by atoms with E-state index in [4.69, 9.17) is 9.97 Å². The molecule has 1 aromatic carbocycles. The van der Waals surface area contributed by atoms with Crippen LogP contribution in [0.3, 0.4) is 0 Å². The van der Waals surface area contributed by atoms with Crippen LogP contribution in [0, 0.1) is 0 Å². The Labute approximate surface area is 162 Å². The lowest BCUT2D eigenvalue weighted by Crippen LogP contribution is -2.31. The number of aliphatic hydroxyl groups excluding tert-OH is 1. The molecular weight excluding hydrogens is 336 g/mol. The van der Waals surface area contributed by atoms with Gasteiger partial charge in [0.1, 0.15) is 5.82 Å². The number of hydrogen-bond donors (Lipinski definition) is 2. The van der Waals surface area contributed by atoms with E-state index >= 15 is 0 Å². The third kappa shape index (κ3) is 4.59. The Bertz CT molecular complexity index is 788. The lowest BCUT2D eigenvalue weighted by atomic mass is 9.95. The van der Waals surface area contributed by atoms with Crippen LogP contribution in [0.4, 0.5) is 11.8 Å². The van der Waals surface area contributed by atoms with Gasteiger partial charge in [-0.1, -0.05) is 39.0 Å². The zero-order chi connectivity index (χ0) is 19.6. The molecule has 1 aliphatic heterocycles. The second-order valence-electron chi connectivity index (χ2n) is 7.96. The minimum Gasteiger partial charge on any atom is -0.389 e. The lowest BCUT2D eigenvalue weighted by Gasteiger charge is -2.31. The van der Waals surface area contributed by atoms with Crippen LogP contribution in [-0.4, -0.2) is 27.7 Å². The van der Waals surface area contributed by atoms with E-state index in [0.717, 1.165) is 49.0 Å². The summed E-state index contributed by atoms with van der Waals surface area (Å²) in [6.45, 7) is 12.2. The first kappa shape index (κ1) is 19.6. The molecule has 5 heteroatoms. The van der Waals surface area contributed by atoms with Crippen LogP contribution < -0.4 is 10.2 Å². The molecule has 0 amide bonds. The molecule has 0 saturated heterocycles. The Hall–Kier alpha value is -2.14. The van der Waals surface area contributed by atoms with Gasteiger partial charge in [0.05, 0.1) is 11.8 Å². The van der Waals surface area contributed by atoms with Crippen LogP contribution in [0.25, 0.3) is 0 Å². The van der Waals surface area contributed by atoms with Crippen LogP contribution in [0.5, 0.6) is 0 Å². The maximum absolute atomic E-state index is 9.83. The maximum atomic E-state index is 9.83. The zero-order valence-electron chi connectivity index (χ0n) is 17.2. The monoisotopic (exact) mass is 368 g/mol. The Morgan fingerprint density at radius 2 is 1.89 bits per heavy atom. The minimum atomic E-state index is -0.419. The van der Waals surface area contributed by atoms with Crippen LogP contribution in [0.15, 0.2) is 24.3 Å². The Morgan fingerprint density at radius 1 is 1.11 bits per heavy atom. The Kier molecular flexibility index (Phi) is 6.00. The van der Waals surface area contributed by atoms with Crippen molar-refractivity contribution in [2.75, 3.05) is 16.8 Å². The molecule has 2 N–H and O–H groups in total. The predicted octanol–water partition coefficient (Wildman–Crippen LogP) is 4.43. The van der Waals surface area contributed by atoms with Gasteiger partial charge >= 0.3 is 0 Å². The first-order chi connectivity index (χ1) is 12.9. The molecule has 27 heavy (non-hydrogen) atoms. The largest absolute Gasteiger partial charge is 0.389 e. The van der Waals surface area contributed by atoms with Gasteiger partial charge in [-0.05, 0) is 49.3 Å². The number of anilines is 2. The fraction of sp³-hybridized carbons (Fsp3) is 0.545. The van der Waals surface area contributed by atoms with E-state index in [1.807, 2.05) is 13.0 Å². The molecule has 0 unspecified atom stereocenters. The summed E-state index contributed by atoms with van der Waals surface area (Å²) in [6.07, 6.45) is 1.58. The second kappa shape index (κ2) is 8.26. The van der Waals surface area contributed by atoms with E-state index in [9.17, 15) is 5.11 Å². The smallest absolute Gasteiger partial charge is 0.225 e. The maximum Gasteiger partial charge on any atom is 0.225 e. The molecule has 2 heterocycles. The normalized spacial score (nSPS) is 16.2. The molecule has 0 aliphatic carbocycles. The van der Waals surface area contributed by atoms with Gasteiger partial charge in [0.15, 0.2) is 0 Å². The topological polar surface area (TPSA) is 61.3 Å². The number of rotatable bonds is 6. The van der Waals surface area contributed by atoms with E-state index in [0.29, 0.717) is 12.0 Å². The molecule has 146 valence electrons. The fourth-order valence-corrected chi connectivity index (χ4v) is 3.33. The van der Waals surface area contributed by atoms with Gasteiger partial charge in [0, 0.05) is 25.2 Å². The van der Waals surface area contributed by atoms with Crippen LogP contribution in [0.2, 0.25) is 0 Å². The summed E-state index contributed by atoms with van der Waals surface area (Å²) in [5.74, 6) is 2.07. The minimum absolute atomic E-state index is 0.348. The molecule has 1 aromatic heterocycles. The van der Waals surface area contributed by atoms with Crippen LogP contribution >= 0.6 is 0 Å². The highest BCUT2D eigenvalue weighted by molar-refractivity contribution is 5.49. The second-order valence-corrected chi connectivity index (χ2v) is 7.96. The summed E-state index contributed by atoms with van der Waals surface area (Å²) >= 11 is 0. The molecule has 0 radical (unpaired) electrons. The molecule has 0 bridgehead atoms. The summed E-state index contributed by atoms with van der Waals surface area (Å²) in [5, 5.41) is 13.3. The van der Waals surface area contributed by atoms with Crippen molar-refractivity contribution in [2.45, 2.75) is 72.1 Å². The number of fused-ring (bicyclic) bond motifs is 1. The van der Waals surface area contributed by atoms with Gasteiger partial charge in [-0.25, -0.2) is 4.98 Å². The van der Waals surface area contributed by atoms with Gasteiger partial charge < -0.3 is 15.3 Å². The third-order valence-corrected chi connectivity index (χ3v) is 5.36. The number of nitrogens with one attached hydrogen (secondary N) is 1. The number of benzene rings is 1. The average Bonchev–Trinajstić information content (AvgIpc) is 2.66. The van der Waals surface area contributed by atoms with Crippen molar-refractivity contribution >= 4 is 11.8 Å². The summed E-state index contributed by atoms with van der Waals surface area (Å²) in [4.78, 5) is 11.9. The van der Waals surface area contributed by atoms with E-state index in [-0.39, 0.29) is 0 Å². The molecule has 0 spiro atoms. The number of aliphatic hydroxyl groups is 1. The number of aromatic nitrogens is 2. The van der Waals surface area contributed by atoms with Gasteiger partial charge in [0.25, 0.3) is 0 Å². The lowest BCUT2D eigenvalue weighted by molar-refractivity contribution is 0.199. The zero-order valence-corrected chi connectivity index (χ0v) is 17.2. The highest BCUT2D eigenvalue weighted by atomic mass is 16.3. The van der Waals surface area contributed by atoms with Crippen molar-refractivity contribution < 1.29 is 5.11 Å². The standard InChI is InChI=1S/C22H32N4O/c1-6-15(4)23-22-24-20(14(2)3)12-21(25-22)26-10-9-18-11-17(16(5)27)7-8-19(18)13-26/h7-8,11-12,14-16,27H,6,9-10,13H2,1-5H3,(H,23,24,25)/t15-,16+/m0/s1. The molecule has 1 aliphatic rings. The van der Waals surface area contributed by atoms with Crippen molar-refractivity contribution in [2.24, 2.45) is 0 Å². The molecule has 2 aromatic rings. The van der Waals surface area contributed by atoms with Crippen molar-refractivity contribution in [3.63, 3.8) is 0 Å². The van der Waals surface area contributed by atoms with Gasteiger partial charge in [-0.2, -0.15) is 4.98 Å². The quantitative estimate of drug-likeness (QED) is 0.790. The first-order valence-corrected chi connectivity index (χ1v) is 10.1. The SMILES string of the molecule is CC[C@H](C)Nc1nc(C(C)C)cc(N2CCc3cc([C@@H](C)O)ccc3C2)n1. The Morgan fingerprint density at radius 3 is 2.56 bits per heavy atom. The van der Waals surface area contributed by atoms with Crippen molar-refractivity contribution in [1.29, 1.82) is 0 Å². The Balaban J connectivity index is 1.87. The summed E-state index contributed by atoms with van der Waals surface area (Å²) < 4.78 is 0. The fourth-order valence-electron chi connectivity index (χ4n) is 3.33. The molecule has 5 nitrogen and oxygen atoms in total. The molecule has 0 saturated carbocycles. The van der Waals surface area contributed by atoms with E-state index in [1.54, 1.807) is 0 Å². The third-order valence-electron chi connectivity index (χ3n) is 5.36. The molecular formula is C22H32N4O. The average molecular weight is 369 g/mol. The summed E-state index contributed by atoms with van der Waals surface area (Å²) in [5.41, 5.74) is 4.71. The highest BCUT2D eigenvalue weighted by Gasteiger charge is 2.20. The van der Waals surface area contributed by atoms with Crippen LogP contribution in [0.1, 0.15) is 75.4 Å². The van der Waals surface area contributed by atoms with Gasteiger partial charge in [-0.15, -0.1) is 0 Å². The summed E-state index contributed by atoms with van der Waals surface area (Å²) in [7, 11) is 0. The van der Waals surface area contributed by atoms with Crippen molar-refractivity contribution in [3.8, 4) is 0 Å².